The van der Waals surface area contributed by atoms with Gasteiger partial charge in [-0.05, 0) is 42.9 Å². The van der Waals surface area contributed by atoms with E-state index in [0.717, 1.165) is 51.5 Å². The summed E-state index contributed by atoms with van der Waals surface area (Å²) in [6.45, 7) is 12.1. The van der Waals surface area contributed by atoms with Gasteiger partial charge in [-0.3, -0.25) is 9.59 Å². The van der Waals surface area contributed by atoms with E-state index in [0.29, 0.717) is 12.8 Å². The Morgan fingerprint density at radius 2 is 1.08 bits per heavy atom. The Labute approximate surface area is 224 Å². The van der Waals surface area contributed by atoms with E-state index >= 15 is 0 Å². The van der Waals surface area contributed by atoms with Crippen LogP contribution in [-0.2, 0) is 9.59 Å². The van der Waals surface area contributed by atoms with E-state index in [1.807, 2.05) is 0 Å². The van der Waals surface area contributed by atoms with Gasteiger partial charge in [0.15, 0.2) is 0 Å². The van der Waals surface area contributed by atoms with Crippen molar-refractivity contribution >= 4 is 11.8 Å². The van der Waals surface area contributed by atoms with Crippen molar-refractivity contribution in [2.24, 2.45) is 10.8 Å². The standard InChI is InChI=1S/C32H62N2O2/c1-6-8-10-12-14-16-18-20-22-29(35)33-27-32(5)25-28(24-31(3,4)26-32)34-30(36)23-21-19-17-15-13-11-9-7-2/h28H,6-27H2,1-5H3,(H,33,35)(H,34,36). The molecule has 0 saturated heterocycles. The molecule has 0 heterocycles. The van der Waals surface area contributed by atoms with Crippen molar-refractivity contribution in [1.82, 2.24) is 10.6 Å². The second-order valence-electron chi connectivity index (χ2n) is 13.1. The van der Waals surface area contributed by atoms with Gasteiger partial charge in [-0.15, -0.1) is 0 Å². The Kier molecular flexibility index (Phi) is 17.5. The minimum atomic E-state index is 0.0348. The van der Waals surface area contributed by atoms with Crippen molar-refractivity contribution in [2.75, 3.05) is 6.54 Å². The molecular formula is C32H62N2O2. The number of rotatable bonds is 21. The topological polar surface area (TPSA) is 58.2 Å². The Morgan fingerprint density at radius 3 is 1.58 bits per heavy atom. The van der Waals surface area contributed by atoms with Crippen LogP contribution in [0.4, 0.5) is 0 Å². The van der Waals surface area contributed by atoms with Crippen LogP contribution in [-0.4, -0.2) is 24.4 Å². The Morgan fingerprint density at radius 1 is 0.639 bits per heavy atom. The highest BCUT2D eigenvalue weighted by atomic mass is 16.2. The molecule has 0 aromatic rings. The highest BCUT2D eigenvalue weighted by molar-refractivity contribution is 5.76. The molecule has 0 bridgehead atoms. The van der Waals surface area contributed by atoms with Gasteiger partial charge in [0.1, 0.15) is 0 Å². The molecule has 0 aliphatic heterocycles. The molecule has 212 valence electrons. The molecule has 2 atom stereocenters. The predicted octanol–water partition coefficient (Wildman–Crippen LogP) is 8.87. The summed E-state index contributed by atoms with van der Waals surface area (Å²) in [7, 11) is 0. The van der Waals surface area contributed by atoms with E-state index in [2.05, 4.69) is 45.3 Å². The van der Waals surface area contributed by atoms with E-state index in [1.54, 1.807) is 0 Å². The average Bonchev–Trinajstić information content (AvgIpc) is 2.80. The lowest BCUT2D eigenvalue weighted by Gasteiger charge is -2.47. The summed E-state index contributed by atoms with van der Waals surface area (Å²) in [5.41, 5.74) is 0.207. The van der Waals surface area contributed by atoms with E-state index in [9.17, 15) is 9.59 Å². The molecule has 1 rings (SSSR count). The van der Waals surface area contributed by atoms with Crippen LogP contribution in [0.15, 0.2) is 0 Å². The van der Waals surface area contributed by atoms with Gasteiger partial charge in [-0.25, -0.2) is 0 Å². The van der Waals surface area contributed by atoms with Crippen molar-refractivity contribution < 1.29 is 9.59 Å². The maximum absolute atomic E-state index is 12.6. The smallest absolute Gasteiger partial charge is 0.220 e. The fourth-order valence-corrected chi connectivity index (χ4v) is 6.41. The Balaban J connectivity index is 2.28. The van der Waals surface area contributed by atoms with Crippen LogP contribution >= 0.6 is 0 Å². The lowest BCUT2D eigenvalue weighted by atomic mass is 9.62. The summed E-state index contributed by atoms with van der Waals surface area (Å²) in [6.07, 6.45) is 24.5. The number of amides is 2. The predicted molar refractivity (Wildman–Crippen MR) is 155 cm³/mol. The first-order valence-corrected chi connectivity index (χ1v) is 15.8. The van der Waals surface area contributed by atoms with Gasteiger partial charge in [-0.2, -0.15) is 0 Å². The molecule has 1 aliphatic rings. The van der Waals surface area contributed by atoms with Crippen LogP contribution in [0.2, 0.25) is 0 Å². The average molecular weight is 507 g/mol. The van der Waals surface area contributed by atoms with Gasteiger partial charge >= 0.3 is 0 Å². The van der Waals surface area contributed by atoms with Gasteiger partial charge in [-0.1, -0.05) is 125 Å². The number of hydrogen-bond donors (Lipinski definition) is 2. The fraction of sp³-hybridized carbons (Fsp3) is 0.938. The summed E-state index contributed by atoms with van der Waals surface area (Å²) in [5.74, 6) is 0.408. The van der Waals surface area contributed by atoms with Gasteiger partial charge < -0.3 is 10.6 Å². The highest BCUT2D eigenvalue weighted by Crippen LogP contribution is 2.45. The van der Waals surface area contributed by atoms with Crippen molar-refractivity contribution in [3.05, 3.63) is 0 Å². The molecule has 2 unspecified atom stereocenters. The first-order chi connectivity index (χ1) is 17.2. The first-order valence-electron chi connectivity index (χ1n) is 15.8. The van der Waals surface area contributed by atoms with E-state index in [1.165, 1.54) is 77.0 Å². The minimum absolute atomic E-state index is 0.0348. The molecule has 1 saturated carbocycles. The van der Waals surface area contributed by atoms with Crippen LogP contribution in [0, 0.1) is 10.8 Å². The Hall–Kier alpha value is -1.06. The second kappa shape index (κ2) is 19.1. The molecule has 1 fully saturated rings. The van der Waals surface area contributed by atoms with Gasteiger partial charge in [0.25, 0.3) is 0 Å². The van der Waals surface area contributed by atoms with Crippen LogP contribution in [0.3, 0.4) is 0 Å². The maximum Gasteiger partial charge on any atom is 0.220 e. The third-order valence-electron chi connectivity index (χ3n) is 8.04. The molecule has 4 heteroatoms. The molecular weight excluding hydrogens is 444 g/mol. The van der Waals surface area contributed by atoms with Crippen LogP contribution < -0.4 is 10.6 Å². The molecule has 1 aliphatic carbocycles. The SMILES string of the molecule is CCCCCCCCCCC(=O)NCC1(C)CC(NC(=O)CCCCCCCCCC)CC(C)(C)C1. The highest BCUT2D eigenvalue weighted by Gasteiger charge is 2.41. The lowest BCUT2D eigenvalue weighted by molar-refractivity contribution is -0.124. The monoisotopic (exact) mass is 506 g/mol. The molecule has 2 N–H and O–H groups in total. The summed E-state index contributed by atoms with van der Waals surface area (Å²) in [6, 6.07) is 0.213. The zero-order chi connectivity index (χ0) is 26.7. The summed E-state index contributed by atoms with van der Waals surface area (Å²) in [5, 5.41) is 6.59. The number of carbonyl (C=O) groups excluding carboxylic acids is 2. The second-order valence-corrected chi connectivity index (χ2v) is 13.1. The van der Waals surface area contributed by atoms with Gasteiger partial charge in [0.05, 0.1) is 0 Å². The molecule has 0 aromatic heterocycles. The van der Waals surface area contributed by atoms with Gasteiger partial charge in [0, 0.05) is 25.4 Å². The number of unbranched alkanes of at least 4 members (excludes halogenated alkanes) is 14. The number of nitrogens with one attached hydrogen (secondary N) is 2. The largest absolute Gasteiger partial charge is 0.356 e. The van der Waals surface area contributed by atoms with E-state index < -0.39 is 0 Å². The molecule has 4 nitrogen and oxygen atoms in total. The normalized spacial score (nSPS) is 21.3. The lowest BCUT2D eigenvalue weighted by Crippen LogP contribution is -2.50. The van der Waals surface area contributed by atoms with Gasteiger partial charge in [0.2, 0.25) is 11.8 Å². The zero-order valence-corrected chi connectivity index (χ0v) is 25.0. The molecule has 0 aromatic carbocycles. The molecule has 2 amide bonds. The Bertz CT molecular complexity index is 589. The van der Waals surface area contributed by atoms with Crippen LogP contribution in [0.25, 0.3) is 0 Å². The maximum atomic E-state index is 12.6. The third-order valence-corrected chi connectivity index (χ3v) is 8.04. The molecule has 36 heavy (non-hydrogen) atoms. The van der Waals surface area contributed by atoms with Crippen LogP contribution in [0.1, 0.15) is 169 Å². The van der Waals surface area contributed by atoms with E-state index in [-0.39, 0.29) is 28.7 Å². The minimum Gasteiger partial charge on any atom is -0.356 e. The third kappa shape index (κ3) is 16.6. The summed E-state index contributed by atoms with van der Waals surface area (Å²) >= 11 is 0. The van der Waals surface area contributed by atoms with Crippen molar-refractivity contribution in [2.45, 2.75) is 175 Å². The summed E-state index contributed by atoms with van der Waals surface area (Å²) < 4.78 is 0. The van der Waals surface area contributed by atoms with E-state index in [4.69, 9.17) is 0 Å². The molecule has 0 radical (unpaired) electrons. The first kappa shape index (κ1) is 33.0. The molecule has 0 spiro atoms. The van der Waals surface area contributed by atoms with Crippen LogP contribution in [0.5, 0.6) is 0 Å². The van der Waals surface area contributed by atoms with Crippen molar-refractivity contribution in [1.29, 1.82) is 0 Å². The number of carbonyl (C=O) groups is 2. The quantitative estimate of drug-likeness (QED) is 0.153. The summed E-state index contributed by atoms with van der Waals surface area (Å²) in [4.78, 5) is 25.1. The fourth-order valence-electron chi connectivity index (χ4n) is 6.41. The van der Waals surface area contributed by atoms with Crippen molar-refractivity contribution in [3.63, 3.8) is 0 Å². The number of hydrogen-bond acceptors (Lipinski definition) is 2. The van der Waals surface area contributed by atoms with Crippen molar-refractivity contribution in [3.8, 4) is 0 Å². The zero-order valence-electron chi connectivity index (χ0n) is 25.0.